The average Bonchev–Trinajstić information content (AvgIpc) is 2.28. The summed E-state index contributed by atoms with van der Waals surface area (Å²) in [5.74, 6) is 0.635. The van der Waals surface area contributed by atoms with Gasteiger partial charge in [0.05, 0.1) is 19.8 Å². The highest BCUT2D eigenvalue weighted by Crippen LogP contribution is 2.23. The molecule has 0 heterocycles. The highest BCUT2D eigenvalue weighted by molar-refractivity contribution is 5.35. The van der Waals surface area contributed by atoms with Gasteiger partial charge < -0.3 is 15.2 Å². The van der Waals surface area contributed by atoms with E-state index in [1.54, 1.807) is 12.1 Å². The number of hydrogen-bond donors (Lipinski definition) is 1. The van der Waals surface area contributed by atoms with Crippen LogP contribution in [0.4, 0.5) is 8.78 Å². The summed E-state index contributed by atoms with van der Waals surface area (Å²) in [4.78, 5) is 0. The molecule has 0 bridgehead atoms. The number of methoxy groups -OCH3 is 1. The predicted octanol–water partition coefficient (Wildman–Crippen LogP) is 1.98. The van der Waals surface area contributed by atoms with Crippen molar-refractivity contribution in [2.75, 3.05) is 20.3 Å². The van der Waals surface area contributed by atoms with Crippen LogP contribution in [0.5, 0.6) is 5.75 Å². The Kier molecular flexibility index (Phi) is 5.14. The number of halogens is 2. The smallest absolute Gasteiger partial charge is 0.261 e. The normalized spacial score (nSPS) is 12.8. The first-order valence-electron chi connectivity index (χ1n) is 4.89. The Morgan fingerprint density at radius 2 is 1.94 bits per heavy atom. The van der Waals surface area contributed by atoms with E-state index < -0.39 is 19.1 Å². The molecule has 5 heteroatoms. The maximum Gasteiger partial charge on any atom is 0.261 e. The van der Waals surface area contributed by atoms with Gasteiger partial charge >= 0.3 is 0 Å². The van der Waals surface area contributed by atoms with E-state index in [1.807, 2.05) is 12.1 Å². The second kappa shape index (κ2) is 6.40. The van der Waals surface area contributed by atoms with Crippen LogP contribution in [0.1, 0.15) is 11.6 Å². The van der Waals surface area contributed by atoms with Crippen molar-refractivity contribution in [3.63, 3.8) is 0 Å². The van der Waals surface area contributed by atoms with Crippen LogP contribution in [0.25, 0.3) is 0 Å². The fourth-order valence-electron chi connectivity index (χ4n) is 1.35. The SMILES string of the molecule is COc1ccccc1C(N)COCC(F)F. The molecule has 0 saturated heterocycles. The highest BCUT2D eigenvalue weighted by Gasteiger charge is 2.12. The summed E-state index contributed by atoms with van der Waals surface area (Å²) in [6.07, 6.45) is -2.47. The number of ether oxygens (including phenoxy) is 2. The van der Waals surface area contributed by atoms with Gasteiger partial charge in [-0.2, -0.15) is 0 Å². The van der Waals surface area contributed by atoms with Gasteiger partial charge in [-0.25, -0.2) is 8.78 Å². The van der Waals surface area contributed by atoms with Gasteiger partial charge in [-0.3, -0.25) is 0 Å². The van der Waals surface area contributed by atoms with E-state index >= 15 is 0 Å². The van der Waals surface area contributed by atoms with E-state index in [2.05, 4.69) is 0 Å². The lowest BCUT2D eigenvalue weighted by Crippen LogP contribution is -2.19. The quantitative estimate of drug-likeness (QED) is 0.814. The van der Waals surface area contributed by atoms with Crippen molar-refractivity contribution < 1.29 is 18.3 Å². The Morgan fingerprint density at radius 3 is 2.56 bits per heavy atom. The fourth-order valence-corrected chi connectivity index (χ4v) is 1.35. The molecular weight excluding hydrogens is 216 g/mol. The zero-order chi connectivity index (χ0) is 12.0. The molecule has 1 aromatic carbocycles. The summed E-state index contributed by atoms with van der Waals surface area (Å²) in [6.45, 7) is -0.548. The average molecular weight is 231 g/mol. The van der Waals surface area contributed by atoms with E-state index in [-0.39, 0.29) is 6.61 Å². The molecule has 0 amide bonds. The minimum atomic E-state index is -2.47. The second-order valence-electron chi connectivity index (χ2n) is 3.28. The van der Waals surface area contributed by atoms with E-state index in [0.29, 0.717) is 5.75 Å². The summed E-state index contributed by atoms with van der Waals surface area (Å²) >= 11 is 0. The Labute approximate surface area is 93.2 Å². The Hall–Kier alpha value is -1.20. The number of nitrogens with two attached hydrogens (primary N) is 1. The summed E-state index contributed by atoms with van der Waals surface area (Å²) in [5.41, 5.74) is 6.56. The lowest BCUT2D eigenvalue weighted by Gasteiger charge is -2.15. The molecule has 0 spiro atoms. The third-order valence-electron chi connectivity index (χ3n) is 2.08. The maximum absolute atomic E-state index is 11.8. The summed E-state index contributed by atoms with van der Waals surface area (Å²) in [5, 5.41) is 0. The summed E-state index contributed by atoms with van der Waals surface area (Å²) in [7, 11) is 1.53. The molecule has 0 aliphatic heterocycles. The molecule has 0 aliphatic carbocycles. The van der Waals surface area contributed by atoms with Crippen LogP contribution in [-0.2, 0) is 4.74 Å². The van der Waals surface area contributed by atoms with Gasteiger partial charge in [0, 0.05) is 5.56 Å². The van der Waals surface area contributed by atoms with Gasteiger partial charge in [0.1, 0.15) is 12.4 Å². The van der Waals surface area contributed by atoms with Crippen LogP contribution in [0.2, 0.25) is 0 Å². The number of benzene rings is 1. The van der Waals surface area contributed by atoms with Crippen LogP contribution in [-0.4, -0.2) is 26.7 Å². The molecule has 0 saturated carbocycles. The lowest BCUT2D eigenvalue weighted by atomic mass is 10.1. The third-order valence-corrected chi connectivity index (χ3v) is 2.08. The highest BCUT2D eigenvalue weighted by atomic mass is 19.3. The number of rotatable bonds is 6. The second-order valence-corrected chi connectivity index (χ2v) is 3.28. The van der Waals surface area contributed by atoms with Crippen LogP contribution >= 0.6 is 0 Å². The zero-order valence-corrected chi connectivity index (χ0v) is 9.03. The van der Waals surface area contributed by atoms with Crippen molar-refractivity contribution in [2.45, 2.75) is 12.5 Å². The topological polar surface area (TPSA) is 44.5 Å². The van der Waals surface area contributed by atoms with Crippen molar-refractivity contribution in [3.05, 3.63) is 29.8 Å². The van der Waals surface area contributed by atoms with Crippen LogP contribution in [0.15, 0.2) is 24.3 Å². The van der Waals surface area contributed by atoms with Crippen molar-refractivity contribution in [1.82, 2.24) is 0 Å². The molecule has 3 nitrogen and oxygen atoms in total. The van der Waals surface area contributed by atoms with Gasteiger partial charge in [-0.15, -0.1) is 0 Å². The molecule has 0 aromatic heterocycles. The molecule has 0 aliphatic rings. The Balaban J connectivity index is 2.55. The van der Waals surface area contributed by atoms with Gasteiger partial charge in [0.25, 0.3) is 6.43 Å². The van der Waals surface area contributed by atoms with E-state index in [1.165, 1.54) is 7.11 Å². The maximum atomic E-state index is 11.8. The van der Waals surface area contributed by atoms with E-state index in [0.717, 1.165) is 5.56 Å². The predicted molar refractivity (Wildman–Crippen MR) is 56.7 cm³/mol. The summed E-state index contributed by atoms with van der Waals surface area (Å²) < 4.78 is 33.6. The van der Waals surface area contributed by atoms with Crippen LogP contribution < -0.4 is 10.5 Å². The van der Waals surface area contributed by atoms with Gasteiger partial charge in [0.15, 0.2) is 0 Å². The number of para-hydroxylation sites is 1. The molecule has 1 aromatic rings. The lowest BCUT2D eigenvalue weighted by molar-refractivity contribution is 0.0124. The Bertz CT molecular complexity index is 321. The molecule has 90 valence electrons. The van der Waals surface area contributed by atoms with Crippen LogP contribution in [0, 0.1) is 0 Å². The number of alkyl halides is 2. The van der Waals surface area contributed by atoms with Crippen molar-refractivity contribution >= 4 is 0 Å². The van der Waals surface area contributed by atoms with Crippen LogP contribution in [0.3, 0.4) is 0 Å². The first-order chi connectivity index (χ1) is 7.65. The van der Waals surface area contributed by atoms with E-state index in [9.17, 15) is 8.78 Å². The van der Waals surface area contributed by atoms with Gasteiger partial charge in [-0.05, 0) is 6.07 Å². The van der Waals surface area contributed by atoms with Gasteiger partial charge in [0.2, 0.25) is 0 Å². The van der Waals surface area contributed by atoms with Gasteiger partial charge in [-0.1, -0.05) is 18.2 Å². The number of hydrogen-bond acceptors (Lipinski definition) is 3. The minimum Gasteiger partial charge on any atom is -0.496 e. The summed E-state index contributed by atoms with van der Waals surface area (Å²) in [6, 6.07) is 6.71. The molecular formula is C11H15F2NO2. The fraction of sp³-hybridized carbons (Fsp3) is 0.455. The standard InChI is InChI=1S/C11H15F2NO2/c1-15-10-5-3-2-4-8(10)9(14)6-16-7-11(12)13/h2-5,9,11H,6-7,14H2,1H3. The molecule has 2 N–H and O–H groups in total. The molecule has 0 fully saturated rings. The van der Waals surface area contributed by atoms with Crippen molar-refractivity contribution in [2.24, 2.45) is 5.73 Å². The third kappa shape index (κ3) is 3.75. The zero-order valence-electron chi connectivity index (χ0n) is 9.03. The Morgan fingerprint density at radius 1 is 1.25 bits per heavy atom. The molecule has 1 atom stereocenters. The molecule has 0 radical (unpaired) electrons. The van der Waals surface area contributed by atoms with Crippen molar-refractivity contribution in [1.29, 1.82) is 0 Å². The first-order valence-corrected chi connectivity index (χ1v) is 4.89. The first kappa shape index (κ1) is 12.9. The van der Waals surface area contributed by atoms with E-state index in [4.69, 9.17) is 15.2 Å². The molecule has 1 rings (SSSR count). The monoisotopic (exact) mass is 231 g/mol. The molecule has 1 unspecified atom stereocenters. The largest absolute Gasteiger partial charge is 0.496 e. The minimum absolute atomic E-state index is 0.0463. The van der Waals surface area contributed by atoms with Crippen molar-refractivity contribution in [3.8, 4) is 5.75 Å². The molecule has 16 heavy (non-hydrogen) atoms.